The molecular weight excluding hydrogens is 260 g/mol. The number of nitrogens with two attached hydrogens (primary N) is 2. The highest BCUT2D eigenvalue weighted by Crippen LogP contribution is 2.18. The Bertz CT molecular complexity index is 533. The summed E-state index contributed by atoms with van der Waals surface area (Å²) in [4.78, 5) is 39.7. The van der Waals surface area contributed by atoms with Crippen LogP contribution in [0.4, 0.5) is 0 Å². The minimum Gasteiger partial charge on any atom is -0.369 e. The molecule has 0 unspecified atom stereocenters. The van der Waals surface area contributed by atoms with Crippen molar-refractivity contribution < 1.29 is 14.4 Å². The van der Waals surface area contributed by atoms with Gasteiger partial charge in [-0.3, -0.25) is 19.4 Å². The Hall–Kier alpha value is -2.44. The van der Waals surface area contributed by atoms with Crippen LogP contribution in [0.1, 0.15) is 33.7 Å². The fraction of sp³-hybridized carbons (Fsp3) is 0.385. The molecule has 3 amide bonds. The number of rotatable bonds is 3. The molecular formula is C13H16N4O3. The summed E-state index contributed by atoms with van der Waals surface area (Å²) in [6, 6.07) is 2.95. The number of carbonyl (C=O) groups is 3. The number of nitrogens with zero attached hydrogens (tertiary/aromatic N) is 2. The van der Waals surface area contributed by atoms with Crippen LogP contribution >= 0.6 is 0 Å². The Balaban J connectivity index is 2.01. The fourth-order valence-electron chi connectivity index (χ4n) is 2.22. The monoisotopic (exact) mass is 276 g/mol. The SMILES string of the molecule is NC(=O)c1ccc(C(=O)N2CCC(C(N)=O)CC2)cn1. The molecule has 0 radical (unpaired) electrons. The number of piperidine rings is 1. The largest absolute Gasteiger partial charge is 0.369 e. The van der Waals surface area contributed by atoms with Gasteiger partial charge in [0, 0.05) is 25.2 Å². The molecule has 0 spiro atoms. The maximum atomic E-state index is 12.2. The van der Waals surface area contributed by atoms with Gasteiger partial charge in [0.25, 0.3) is 11.8 Å². The van der Waals surface area contributed by atoms with Crippen molar-refractivity contribution >= 4 is 17.7 Å². The van der Waals surface area contributed by atoms with E-state index in [0.717, 1.165) is 0 Å². The smallest absolute Gasteiger partial charge is 0.267 e. The van der Waals surface area contributed by atoms with Crippen LogP contribution in [-0.4, -0.2) is 40.7 Å². The van der Waals surface area contributed by atoms with Crippen LogP contribution in [-0.2, 0) is 4.79 Å². The van der Waals surface area contributed by atoms with Gasteiger partial charge in [0.2, 0.25) is 5.91 Å². The van der Waals surface area contributed by atoms with E-state index in [0.29, 0.717) is 31.5 Å². The maximum absolute atomic E-state index is 12.2. The molecule has 0 bridgehead atoms. The Labute approximate surface area is 115 Å². The maximum Gasteiger partial charge on any atom is 0.267 e. The molecule has 2 rings (SSSR count). The number of hydrogen-bond acceptors (Lipinski definition) is 4. The zero-order chi connectivity index (χ0) is 14.7. The van der Waals surface area contributed by atoms with Gasteiger partial charge in [-0.15, -0.1) is 0 Å². The van der Waals surface area contributed by atoms with Gasteiger partial charge in [0.05, 0.1) is 5.56 Å². The number of aromatic nitrogens is 1. The lowest BCUT2D eigenvalue weighted by Gasteiger charge is -2.30. The summed E-state index contributed by atoms with van der Waals surface area (Å²) in [5.41, 5.74) is 10.8. The van der Waals surface area contributed by atoms with Gasteiger partial charge < -0.3 is 16.4 Å². The summed E-state index contributed by atoms with van der Waals surface area (Å²) in [5.74, 6) is -1.28. The normalized spacial score (nSPS) is 15.9. The molecule has 1 aliphatic heterocycles. The van der Waals surface area contributed by atoms with Crippen molar-refractivity contribution in [2.24, 2.45) is 17.4 Å². The van der Waals surface area contributed by atoms with Crippen LogP contribution in [0, 0.1) is 5.92 Å². The molecule has 106 valence electrons. The van der Waals surface area contributed by atoms with Crippen molar-refractivity contribution in [1.29, 1.82) is 0 Å². The minimum absolute atomic E-state index is 0.119. The Morgan fingerprint density at radius 2 is 1.80 bits per heavy atom. The number of pyridine rings is 1. The highest BCUT2D eigenvalue weighted by Gasteiger charge is 2.26. The highest BCUT2D eigenvalue weighted by molar-refractivity contribution is 5.95. The van der Waals surface area contributed by atoms with E-state index in [1.165, 1.54) is 18.3 Å². The molecule has 4 N–H and O–H groups in total. The summed E-state index contributed by atoms with van der Waals surface area (Å²) in [6.45, 7) is 0.980. The second kappa shape index (κ2) is 5.68. The summed E-state index contributed by atoms with van der Waals surface area (Å²) in [5, 5.41) is 0. The quantitative estimate of drug-likeness (QED) is 0.774. The van der Waals surface area contributed by atoms with E-state index in [9.17, 15) is 14.4 Å². The topological polar surface area (TPSA) is 119 Å². The third-order valence-corrected chi connectivity index (χ3v) is 3.45. The van der Waals surface area contributed by atoms with Crippen molar-refractivity contribution in [1.82, 2.24) is 9.88 Å². The fourth-order valence-corrected chi connectivity index (χ4v) is 2.22. The van der Waals surface area contributed by atoms with Gasteiger partial charge >= 0.3 is 0 Å². The summed E-state index contributed by atoms with van der Waals surface area (Å²) < 4.78 is 0. The number of amides is 3. The molecule has 0 aliphatic carbocycles. The van der Waals surface area contributed by atoms with Crippen LogP contribution in [0.15, 0.2) is 18.3 Å². The minimum atomic E-state index is -0.633. The van der Waals surface area contributed by atoms with Crippen LogP contribution in [0.2, 0.25) is 0 Å². The number of primary amides is 2. The third kappa shape index (κ3) is 2.93. The number of hydrogen-bond donors (Lipinski definition) is 2. The predicted octanol–water partition coefficient (Wildman–Crippen LogP) is -0.482. The molecule has 20 heavy (non-hydrogen) atoms. The van der Waals surface area contributed by atoms with Gasteiger partial charge in [0.15, 0.2) is 0 Å². The zero-order valence-corrected chi connectivity index (χ0v) is 10.9. The first kappa shape index (κ1) is 14.0. The number of carbonyl (C=O) groups excluding carboxylic acids is 3. The molecule has 1 aromatic rings. The lowest BCUT2D eigenvalue weighted by atomic mass is 9.96. The lowest BCUT2D eigenvalue weighted by molar-refractivity contribution is -0.123. The first-order valence-corrected chi connectivity index (χ1v) is 6.33. The van der Waals surface area contributed by atoms with Crippen molar-refractivity contribution in [3.63, 3.8) is 0 Å². The molecule has 0 saturated carbocycles. The molecule has 7 heteroatoms. The predicted molar refractivity (Wildman–Crippen MR) is 70.6 cm³/mol. The third-order valence-electron chi connectivity index (χ3n) is 3.45. The van der Waals surface area contributed by atoms with E-state index in [4.69, 9.17) is 11.5 Å². The summed E-state index contributed by atoms with van der Waals surface area (Å²) in [6.07, 6.45) is 2.49. The average molecular weight is 276 g/mol. The average Bonchev–Trinajstić information content (AvgIpc) is 2.46. The Kier molecular flexibility index (Phi) is 3.97. The molecule has 1 aromatic heterocycles. The van der Waals surface area contributed by atoms with E-state index >= 15 is 0 Å². The Morgan fingerprint density at radius 3 is 2.25 bits per heavy atom. The standard InChI is InChI=1S/C13H16N4O3/c14-11(18)8-3-5-17(6-4-8)13(20)9-1-2-10(12(15)19)16-7-9/h1-2,7-8H,3-6H2,(H2,14,18)(H2,15,19). The number of likely N-dealkylation sites (tertiary alicyclic amines) is 1. The van der Waals surface area contributed by atoms with Gasteiger partial charge in [-0.25, -0.2) is 0 Å². The van der Waals surface area contributed by atoms with Crippen molar-refractivity contribution in [3.05, 3.63) is 29.6 Å². The molecule has 1 saturated heterocycles. The van der Waals surface area contributed by atoms with Gasteiger partial charge in [-0.2, -0.15) is 0 Å². The van der Waals surface area contributed by atoms with Gasteiger partial charge in [-0.1, -0.05) is 0 Å². The second-order valence-corrected chi connectivity index (χ2v) is 4.77. The highest BCUT2D eigenvalue weighted by atomic mass is 16.2. The Morgan fingerprint density at radius 1 is 1.15 bits per heavy atom. The summed E-state index contributed by atoms with van der Waals surface area (Å²) in [7, 11) is 0. The second-order valence-electron chi connectivity index (χ2n) is 4.77. The van der Waals surface area contributed by atoms with Crippen LogP contribution in [0.5, 0.6) is 0 Å². The molecule has 2 heterocycles. The van der Waals surface area contributed by atoms with Crippen molar-refractivity contribution in [2.75, 3.05) is 13.1 Å². The van der Waals surface area contributed by atoms with Gasteiger partial charge in [-0.05, 0) is 25.0 Å². The van der Waals surface area contributed by atoms with Gasteiger partial charge in [0.1, 0.15) is 5.69 Å². The lowest BCUT2D eigenvalue weighted by Crippen LogP contribution is -2.41. The van der Waals surface area contributed by atoms with Crippen molar-refractivity contribution in [2.45, 2.75) is 12.8 Å². The molecule has 7 nitrogen and oxygen atoms in total. The van der Waals surface area contributed by atoms with Crippen LogP contribution in [0.3, 0.4) is 0 Å². The first-order chi connectivity index (χ1) is 9.49. The molecule has 0 atom stereocenters. The summed E-state index contributed by atoms with van der Waals surface area (Å²) >= 11 is 0. The van der Waals surface area contributed by atoms with E-state index in [2.05, 4.69) is 4.98 Å². The van der Waals surface area contributed by atoms with Crippen molar-refractivity contribution in [3.8, 4) is 0 Å². The van der Waals surface area contributed by atoms with E-state index < -0.39 is 5.91 Å². The zero-order valence-electron chi connectivity index (χ0n) is 10.9. The van der Waals surface area contributed by atoms with E-state index in [1.54, 1.807) is 4.90 Å². The molecule has 0 aromatic carbocycles. The molecule has 1 aliphatic rings. The van der Waals surface area contributed by atoms with Crippen LogP contribution in [0.25, 0.3) is 0 Å². The van der Waals surface area contributed by atoms with Crippen LogP contribution < -0.4 is 11.5 Å². The first-order valence-electron chi connectivity index (χ1n) is 6.33. The van der Waals surface area contributed by atoms with E-state index in [1.807, 2.05) is 0 Å². The molecule has 1 fully saturated rings. The van der Waals surface area contributed by atoms with E-state index in [-0.39, 0.29) is 23.4 Å².